The van der Waals surface area contributed by atoms with Gasteiger partial charge in [0.25, 0.3) is 0 Å². The summed E-state index contributed by atoms with van der Waals surface area (Å²) in [7, 11) is 0. The summed E-state index contributed by atoms with van der Waals surface area (Å²) in [5.41, 5.74) is 11.0. The number of ether oxygens (including phenoxy) is 1. The van der Waals surface area contributed by atoms with Crippen LogP contribution in [-0.2, 0) is 4.79 Å². The molecule has 0 amide bonds. The van der Waals surface area contributed by atoms with Crippen molar-refractivity contribution in [3.8, 4) is 11.5 Å². The third kappa shape index (κ3) is 10.2. The molecule has 1 heterocycles. The first-order valence-electron chi connectivity index (χ1n) is 15.3. The van der Waals surface area contributed by atoms with Crippen molar-refractivity contribution >= 4 is 17.2 Å². The van der Waals surface area contributed by atoms with Crippen molar-refractivity contribution in [2.24, 2.45) is 28.5 Å². The number of ketones is 1. The second-order valence-corrected chi connectivity index (χ2v) is 11.1. The number of hydrogen-bond acceptors (Lipinski definition) is 5. The van der Waals surface area contributed by atoms with Crippen molar-refractivity contribution < 1.29 is 9.53 Å². The Morgan fingerprint density at radius 1 is 1.02 bits per heavy atom. The molecule has 0 aliphatic carbocycles. The number of carbonyl (C=O) groups excluding carboxylic acids is 1. The minimum atomic E-state index is 0.0185. The maximum atomic E-state index is 9.69. The summed E-state index contributed by atoms with van der Waals surface area (Å²) >= 11 is 0. The maximum absolute atomic E-state index is 9.69. The van der Waals surface area contributed by atoms with E-state index in [2.05, 4.69) is 69.8 Å². The molecule has 42 heavy (non-hydrogen) atoms. The Labute approximate surface area is 254 Å². The smallest absolute Gasteiger partial charge is 0.152 e. The highest BCUT2D eigenvalue weighted by molar-refractivity contribution is 6.05. The summed E-state index contributed by atoms with van der Waals surface area (Å²) in [5, 5.41) is 0. The fourth-order valence-corrected chi connectivity index (χ4v) is 4.85. The van der Waals surface area contributed by atoms with Gasteiger partial charge in [-0.15, -0.1) is 0 Å². The van der Waals surface area contributed by atoms with Crippen LogP contribution in [0.5, 0.6) is 11.5 Å². The molecule has 5 heteroatoms. The summed E-state index contributed by atoms with van der Waals surface area (Å²) in [4.78, 5) is 16.4. The molecule has 0 aromatic heterocycles. The number of unbranched alkanes of at least 4 members (excludes halogenated alkanes) is 1. The lowest BCUT2D eigenvalue weighted by Gasteiger charge is -2.35. The fourth-order valence-electron chi connectivity index (χ4n) is 4.85. The van der Waals surface area contributed by atoms with Crippen LogP contribution in [0.1, 0.15) is 85.6 Å². The Kier molecular flexibility index (Phi) is 14.6. The molecule has 0 radical (unpaired) electrons. The summed E-state index contributed by atoms with van der Waals surface area (Å²) < 4.78 is 6.04. The highest BCUT2D eigenvalue weighted by Crippen LogP contribution is 2.38. The Balaban J connectivity index is 0.00000113. The molecule has 2 N–H and O–H groups in total. The van der Waals surface area contributed by atoms with E-state index in [9.17, 15) is 4.79 Å². The van der Waals surface area contributed by atoms with Gasteiger partial charge >= 0.3 is 0 Å². The summed E-state index contributed by atoms with van der Waals surface area (Å²) in [5.74, 6) is 3.54. The largest absolute Gasteiger partial charge is 0.457 e. The SMILES string of the molecule is C=C(C(CCCC)CC(C)CC)N1C=CN=C(N)/C1=C(\c1ccc(Oc2ccccc2)cc1)C(C)CC.C=CC(C)=O. The van der Waals surface area contributed by atoms with Gasteiger partial charge in [-0.3, -0.25) is 4.79 Å². The van der Waals surface area contributed by atoms with Crippen molar-refractivity contribution in [2.45, 2.75) is 80.1 Å². The van der Waals surface area contributed by atoms with Crippen LogP contribution in [0.25, 0.3) is 5.57 Å². The summed E-state index contributed by atoms with van der Waals surface area (Å²) in [6.45, 7) is 20.7. The van der Waals surface area contributed by atoms with Gasteiger partial charge in [0.2, 0.25) is 0 Å². The maximum Gasteiger partial charge on any atom is 0.152 e. The summed E-state index contributed by atoms with van der Waals surface area (Å²) in [6, 6.07) is 18.2. The molecule has 2 aromatic rings. The first kappa shape index (κ1) is 34.3. The first-order valence-corrected chi connectivity index (χ1v) is 15.3. The number of para-hydroxylation sites is 1. The number of aliphatic imine (C=N–C) groups is 1. The van der Waals surface area contributed by atoms with Gasteiger partial charge in [0, 0.05) is 18.1 Å². The Bertz CT molecular complexity index is 1240. The van der Waals surface area contributed by atoms with E-state index in [0.29, 0.717) is 17.7 Å². The van der Waals surface area contributed by atoms with E-state index in [0.717, 1.165) is 47.7 Å². The van der Waals surface area contributed by atoms with E-state index in [-0.39, 0.29) is 11.7 Å². The number of benzene rings is 2. The second kappa shape index (κ2) is 17.8. The fraction of sp³-hybridized carbons (Fsp3) is 0.405. The van der Waals surface area contributed by atoms with Crippen molar-refractivity contribution in [2.75, 3.05) is 0 Å². The average Bonchev–Trinajstić information content (AvgIpc) is 3.01. The molecule has 0 fully saturated rings. The van der Waals surface area contributed by atoms with Crippen molar-refractivity contribution in [3.05, 3.63) is 103 Å². The third-order valence-electron chi connectivity index (χ3n) is 7.78. The monoisotopic (exact) mass is 569 g/mol. The molecule has 0 saturated carbocycles. The number of amidine groups is 1. The van der Waals surface area contributed by atoms with Crippen LogP contribution in [0.3, 0.4) is 0 Å². The lowest BCUT2D eigenvalue weighted by atomic mass is 9.85. The highest BCUT2D eigenvalue weighted by atomic mass is 16.5. The van der Waals surface area contributed by atoms with Crippen LogP contribution in [-0.4, -0.2) is 16.5 Å². The van der Waals surface area contributed by atoms with Gasteiger partial charge in [0.1, 0.15) is 17.3 Å². The second-order valence-electron chi connectivity index (χ2n) is 11.1. The van der Waals surface area contributed by atoms with Crippen molar-refractivity contribution in [3.63, 3.8) is 0 Å². The van der Waals surface area contributed by atoms with Crippen molar-refractivity contribution in [1.29, 1.82) is 0 Å². The van der Waals surface area contributed by atoms with Crippen LogP contribution in [0, 0.1) is 17.8 Å². The van der Waals surface area contributed by atoms with Crippen LogP contribution >= 0.6 is 0 Å². The summed E-state index contributed by atoms with van der Waals surface area (Å²) in [6.07, 6.45) is 11.9. The number of rotatable bonds is 14. The van der Waals surface area contributed by atoms with Crippen LogP contribution in [0.2, 0.25) is 0 Å². The van der Waals surface area contributed by atoms with Crippen LogP contribution in [0.15, 0.2) is 103 Å². The Morgan fingerprint density at radius 3 is 2.19 bits per heavy atom. The number of hydrogen-bond donors (Lipinski definition) is 1. The van der Waals surface area contributed by atoms with Gasteiger partial charge in [-0.05, 0) is 85.4 Å². The molecule has 226 valence electrons. The van der Waals surface area contributed by atoms with Gasteiger partial charge in [-0.2, -0.15) is 0 Å². The molecule has 3 rings (SSSR count). The first-order chi connectivity index (χ1) is 20.2. The molecule has 0 spiro atoms. The molecular weight excluding hydrogens is 518 g/mol. The third-order valence-corrected chi connectivity index (χ3v) is 7.78. The van der Waals surface area contributed by atoms with Crippen LogP contribution < -0.4 is 10.5 Å². The molecule has 1 aliphatic heterocycles. The minimum Gasteiger partial charge on any atom is -0.457 e. The Hall–Kier alpha value is -3.86. The molecule has 0 saturated heterocycles. The number of allylic oxidation sites excluding steroid dienone is 3. The van der Waals surface area contributed by atoms with Crippen molar-refractivity contribution in [1.82, 2.24) is 4.90 Å². The van der Waals surface area contributed by atoms with Gasteiger partial charge in [0.05, 0.1) is 5.70 Å². The lowest BCUT2D eigenvalue weighted by molar-refractivity contribution is -0.112. The molecule has 3 atom stereocenters. The zero-order chi connectivity index (χ0) is 31.1. The predicted octanol–water partition coefficient (Wildman–Crippen LogP) is 9.90. The van der Waals surface area contributed by atoms with E-state index in [1.165, 1.54) is 37.8 Å². The zero-order valence-corrected chi connectivity index (χ0v) is 26.6. The van der Waals surface area contributed by atoms with Gasteiger partial charge < -0.3 is 15.4 Å². The van der Waals surface area contributed by atoms with E-state index in [4.69, 9.17) is 10.5 Å². The lowest BCUT2D eigenvalue weighted by Crippen LogP contribution is -2.34. The zero-order valence-electron chi connectivity index (χ0n) is 26.6. The van der Waals surface area contributed by atoms with Crippen LogP contribution in [0.4, 0.5) is 0 Å². The number of carbonyl (C=O) groups is 1. The molecule has 3 unspecified atom stereocenters. The predicted molar refractivity (Wildman–Crippen MR) is 179 cm³/mol. The van der Waals surface area contributed by atoms with Gasteiger partial charge in [-0.1, -0.05) is 97.4 Å². The quantitative estimate of drug-likeness (QED) is 0.230. The van der Waals surface area contributed by atoms with Gasteiger partial charge in [-0.25, -0.2) is 4.99 Å². The molecule has 1 aliphatic rings. The number of nitrogens with two attached hydrogens (primary N) is 1. The van der Waals surface area contributed by atoms with Gasteiger partial charge in [0.15, 0.2) is 5.78 Å². The normalized spacial score (nSPS) is 15.9. The molecule has 0 bridgehead atoms. The standard InChI is InChI=1S/C33H45N3O.C4H6O/c1-7-10-14-28(23-24(4)8-2)26(6)36-22-21-35-33(34)32(36)31(25(5)9-3)27-17-19-30(20-18-27)37-29-15-12-11-13-16-29;1-3-4(2)5/h11-13,15-22,24-25,28H,6-10,14,23H2,1-5H3,(H2,34,35);3H,1H2,2H3/b32-31+;. The minimum absolute atomic E-state index is 0.0185. The van der Waals surface area contributed by atoms with E-state index in [1.807, 2.05) is 48.7 Å². The van der Waals surface area contributed by atoms with E-state index >= 15 is 0 Å². The topological polar surface area (TPSA) is 67.9 Å². The highest BCUT2D eigenvalue weighted by Gasteiger charge is 2.28. The molecular formula is C37H51N3O2. The van der Waals surface area contributed by atoms with E-state index < -0.39 is 0 Å². The Morgan fingerprint density at radius 2 is 1.64 bits per heavy atom. The molecule has 2 aromatic carbocycles. The van der Waals surface area contributed by atoms with E-state index in [1.54, 1.807) is 6.20 Å². The average molecular weight is 570 g/mol. The number of nitrogens with zero attached hydrogens (tertiary/aromatic N) is 2. The molecule has 5 nitrogen and oxygen atoms in total.